The molecule has 2 atom stereocenters. The first kappa shape index (κ1) is 18.9. The average Bonchev–Trinajstić information content (AvgIpc) is 2.67. The summed E-state index contributed by atoms with van der Waals surface area (Å²) in [5.41, 5.74) is 2.34. The van der Waals surface area contributed by atoms with Crippen molar-refractivity contribution in [3.8, 4) is 0 Å². The summed E-state index contributed by atoms with van der Waals surface area (Å²) in [6.07, 6.45) is 8.90. The number of rotatable bonds is 7. The highest BCUT2D eigenvalue weighted by Gasteiger charge is 2.23. The first-order valence-corrected chi connectivity index (χ1v) is 10.8. The van der Waals surface area contributed by atoms with Crippen LogP contribution in [0.1, 0.15) is 42.7 Å². The average molecular weight is 370 g/mol. The van der Waals surface area contributed by atoms with Crippen molar-refractivity contribution in [2.75, 3.05) is 6.54 Å². The van der Waals surface area contributed by atoms with Crippen molar-refractivity contribution < 1.29 is 8.42 Å². The zero-order valence-electron chi connectivity index (χ0n) is 15.3. The van der Waals surface area contributed by atoms with Crippen LogP contribution in [0.3, 0.4) is 0 Å². The molecule has 2 aromatic rings. The first-order valence-electron chi connectivity index (χ1n) is 9.34. The molecule has 0 saturated heterocycles. The van der Waals surface area contributed by atoms with E-state index in [1.807, 2.05) is 25.1 Å². The summed E-state index contributed by atoms with van der Waals surface area (Å²) in [7, 11) is -3.45. The second-order valence-electron chi connectivity index (χ2n) is 7.04. The third kappa shape index (κ3) is 4.83. The molecule has 0 amide bonds. The zero-order valence-corrected chi connectivity index (χ0v) is 16.1. The van der Waals surface area contributed by atoms with Crippen LogP contribution in [-0.2, 0) is 10.0 Å². The molecule has 0 aromatic heterocycles. The molecule has 0 saturated carbocycles. The number of hydrogen-bond acceptors (Lipinski definition) is 2. The van der Waals surface area contributed by atoms with Gasteiger partial charge in [-0.3, -0.25) is 0 Å². The summed E-state index contributed by atoms with van der Waals surface area (Å²) in [5.74, 6) is 0.823. The van der Waals surface area contributed by atoms with E-state index >= 15 is 0 Å². The van der Waals surface area contributed by atoms with Crippen LogP contribution >= 0.6 is 0 Å². The van der Waals surface area contributed by atoms with Gasteiger partial charge in [-0.05, 0) is 62.1 Å². The van der Waals surface area contributed by atoms with Crippen LogP contribution in [0.5, 0.6) is 0 Å². The molecule has 138 valence electrons. The Hall–Kier alpha value is -1.91. The fourth-order valence-electron chi connectivity index (χ4n) is 3.65. The lowest BCUT2D eigenvalue weighted by atomic mass is 9.78. The summed E-state index contributed by atoms with van der Waals surface area (Å²) in [4.78, 5) is 0.330. The van der Waals surface area contributed by atoms with Crippen LogP contribution in [0, 0.1) is 12.8 Å². The van der Waals surface area contributed by atoms with E-state index in [1.165, 1.54) is 18.4 Å². The minimum Gasteiger partial charge on any atom is -0.211 e. The maximum atomic E-state index is 12.5. The van der Waals surface area contributed by atoms with Gasteiger partial charge in [0.2, 0.25) is 10.0 Å². The molecule has 1 aliphatic rings. The Bertz CT molecular complexity index is 826. The Kier molecular flexibility index (Phi) is 6.28. The molecule has 1 unspecified atom stereocenters. The van der Waals surface area contributed by atoms with Crippen molar-refractivity contribution in [2.24, 2.45) is 5.92 Å². The number of nitrogens with one attached hydrogen (secondary N) is 1. The lowest BCUT2D eigenvalue weighted by Gasteiger charge is -2.27. The smallest absolute Gasteiger partial charge is 0.211 e. The largest absolute Gasteiger partial charge is 0.240 e. The van der Waals surface area contributed by atoms with E-state index in [9.17, 15) is 8.42 Å². The second-order valence-corrected chi connectivity index (χ2v) is 8.81. The van der Waals surface area contributed by atoms with E-state index in [4.69, 9.17) is 0 Å². The highest BCUT2D eigenvalue weighted by molar-refractivity contribution is 7.89. The van der Waals surface area contributed by atoms with Crippen LogP contribution in [0.15, 0.2) is 71.6 Å². The van der Waals surface area contributed by atoms with Crippen molar-refractivity contribution in [1.82, 2.24) is 4.72 Å². The molecule has 1 N–H and O–H groups in total. The van der Waals surface area contributed by atoms with Crippen LogP contribution in [0.2, 0.25) is 0 Å². The molecule has 0 radical (unpaired) electrons. The van der Waals surface area contributed by atoms with Crippen molar-refractivity contribution in [3.63, 3.8) is 0 Å². The summed E-state index contributed by atoms with van der Waals surface area (Å²) in [5, 5.41) is 0. The topological polar surface area (TPSA) is 46.2 Å². The van der Waals surface area contributed by atoms with Crippen molar-refractivity contribution in [1.29, 1.82) is 0 Å². The molecule has 1 aliphatic carbocycles. The number of aryl methyl sites for hydroxylation is 1. The minimum absolute atomic E-state index is 0.330. The maximum absolute atomic E-state index is 12.5. The summed E-state index contributed by atoms with van der Waals surface area (Å²) >= 11 is 0. The number of benzene rings is 2. The van der Waals surface area contributed by atoms with E-state index in [0.717, 1.165) is 18.4 Å². The highest BCUT2D eigenvalue weighted by Crippen LogP contribution is 2.34. The molecule has 0 heterocycles. The predicted molar refractivity (Wildman–Crippen MR) is 107 cm³/mol. The SMILES string of the molecule is Cc1ccc(S(=O)(=O)NCC[C@H](c2ccccc2)C2C=CCCC2)cc1. The molecule has 0 spiro atoms. The number of allylic oxidation sites excluding steroid dienone is 2. The van der Waals surface area contributed by atoms with Gasteiger partial charge >= 0.3 is 0 Å². The third-order valence-corrected chi connectivity index (χ3v) is 6.59. The van der Waals surface area contributed by atoms with Gasteiger partial charge in [-0.2, -0.15) is 0 Å². The van der Waals surface area contributed by atoms with Crippen molar-refractivity contribution in [2.45, 2.75) is 43.4 Å². The van der Waals surface area contributed by atoms with Crippen molar-refractivity contribution >= 4 is 10.0 Å². The van der Waals surface area contributed by atoms with Gasteiger partial charge < -0.3 is 0 Å². The summed E-state index contributed by atoms with van der Waals surface area (Å²) in [6, 6.07) is 17.4. The Labute approximate surface area is 157 Å². The van der Waals surface area contributed by atoms with E-state index in [0.29, 0.717) is 23.3 Å². The zero-order chi connectivity index (χ0) is 18.4. The first-order chi connectivity index (χ1) is 12.6. The van der Waals surface area contributed by atoms with Gasteiger partial charge in [0, 0.05) is 6.54 Å². The molecule has 3 rings (SSSR count). The van der Waals surface area contributed by atoms with Gasteiger partial charge in [-0.25, -0.2) is 13.1 Å². The fourth-order valence-corrected chi connectivity index (χ4v) is 4.70. The Morgan fingerprint density at radius 2 is 1.81 bits per heavy atom. The van der Waals surface area contributed by atoms with E-state index in [-0.39, 0.29) is 0 Å². The van der Waals surface area contributed by atoms with Crippen LogP contribution in [-0.4, -0.2) is 15.0 Å². The molecule has 26 heavy (non-hydrogen) atoms. The van der Waals surface area contributed by atoms with E-state index < -0.39 is 10.0 Å². The Morgan fingerprint density at radius 1 is 1.08 bits per heavy atom. The third-order valence-electron chi connectivity index (χ3n) is 5.11. The van der Waals surface area contributed by atoms with Crippen molar-refractivity contribution in [3.05, 3.63) is 77.9 Å². The molecule has 0 bridgehead atoms. The summed E-state index contributed by atoms with van der Waals surface area (Å²) in [6.45, 7) is 2.39. The quantitative estimate of drug-likeness (QED) is 0.712. The maximum Gasteiger partial charge on any atom is 0.240 e. The minimum atomic E-state index is -3.45. The number of sulfonamides is 1. The molecule has 0 aliphatic heterocycles. The molecule has 0 fully saturated rings. The molecule has 4 heteroatoms. The second kappa shape index (κ2) is 8.65. The molecular formula is C22H27NO2S. The van der Waals surface area contributed by atoms with Gasteiger partial charge in [-0.1, -0.05) is 60.2 Å². The van der Waals surface area contributed by atoms with Gasteiger partial charge in [-0.15, -0.1) is 0 Å². The highest BCUT2D eigenvalue weighted by atomic mass is 32.2. The molecule has 2 aromatic carbocycles. The lowest BCUT2D eigenvalue weighted by Crippen LogP contribution is -2.27. The Morgan fingerprint density at radius 3 is 2.46 bits per heavy atom. The Balaban J connectivity index is 1.69. The van der Waals surface area contributed by atoms with Gasteiger partial charge in [0.1, 0.15) is 0 Å². The standard InChI is InChI=1S/C22H27NO2S/c1-18-12-14-21(15-13-18)26(24,25)23-17-16-22(19-8-4-2-5-9-19)20-10-6-3-7-11-20/h2,4-6,8-10,12-15,20,22-23H,3,7,11,16-17H2,1H3/t20?,22-/m1/s1. The van der Waals surface area contributed by atoms with E-state index in [1.54, 1.807) is 12.1 Å². The van der Waals surface area contributed by atoms with Gasteiger partial charge in [0.25, 0.3) is 0 Å². The van der Waals surface area contributed by atoms with Crippen LogP contribution < -0.4 is 4.72 Å². The van der Waals surface area contributed by atoms with Gasteiger partial charge in [0.05, 0.1) is 4.90 Å². The fraction of sp³-hybridized carbons (Fsp3) is 0.364. The monoisotopic (exact) mass is 369 g/mol. The van der Waals surface area contributed by atoms with Crippen LogP contribution in [0.25, 0.3) is 0 Å². The normalized spacial score (nSPS) is 18.6. The van der Waals surface area contributed by atoms with E-state index in [2.05, 4.69) is 41.1 Å². The molecule has 3 nitrogen and oxygen atoms in total. The van der Waals surface area contributed by atoms with Crippen LogP contribution in [0.4, 0.5) is 0 Å². The predicted octanol–water partition coefficient (Wildman–Crippen LogP) is 4.80. The molecular weight excluding hydrogens is 342 g/mol. The van der Waals surface area contributed by atoms with Gasteiger partial charge in [0.15, 0.2) is 0 Å². The lowest BCUT2D eigenvalue weighted by molar-refractivity contribution is 0.424. The summed E-state index contributed by atoms with van der Waals surface area (Å²) < 4.78 is 27.8. The number of hydrogen-bond donors (Lipinski definition) is 1.